The van der Waals surface area contributed by atoms with Crippen molar-refractivity contribution in [3.05, 3.63) is 71.8 Å². The lowest BCUT2D eigenvalue weighted by molar-refractivity contribution is -0.139. The average Bonchev–Trinajstić information content (AvgIpc) is 3.44. The Hall–Kier alpha value is -2.68. The first-order valence-electron chi connectivity index (χ1n) is 11.4. The second-order valence-corrected chi connectivity index (χ2v) is 13.0. The molecule has 0 aliphatic carbocycles. The van der Waals surface area contributed by atoms with E-state index in [2.05, 4.69) is 11.3 Å². The van der Waals surface area contributed by atoms with Crippen LogP contribution in [0.25, 0.3) is 6.08 Å². The van der Waals surface area contributed by atoms with Crippen LogP contribution in [0.1, 0.15) is 23.1 Å². The van der Waals surface area contributed by atoms with E-state index in [-0.39, 0.29) is 9.90 Å². The van der Waals surface area contributed by atoms with Crippen LogP contribution in [0.3, 0.4) is 0 Å². The van der Waals surface area contributed by atoms with Gasteiger partial charge in [0.2, 0.25) is 0 Å². The van der Waals surface area contributed by atoms with Gasteiger partial charge in [0, 0.05) is 29.6 Å². The lowest BCUT2D eigenvalue weighted by Crippen LogP contribution is -2.23. The van der Waals surface area contributed by atoms with Crippen LogP contribution in [0.4, 0.5) is 32.0 Å². The minimum Gasteiger partial charge on any atom is -0.488 e. The number of alkyl halides is 6. The fraction of sp³-hybridized carbons (Fsp3) is 0.280. The largest absolute Gasteiger partial charge is 0.488 e. The van der Waals surface area contributed by atoms with Gasteiger partial charge in [-0.25, -0.2) is 8.42 Å². The molecule has 5 nitrogen and oxygen atoms in total. The van der Waals surface area contributed by atoms with Gasteiger partial charge in [-0.15, -0.1) is 11.3 Å². The molecule has 1 aliphatic rings. The number of hydrogen-bond donors (Lipinski definition) is 1. The van der Waals surface area contributed by atoms with Crippen LogP contribution in [-0.2, 0) is 22.4 Å². The Morgan fingerprint density at radius 1 is 1.08 bits per heavy atom. The molecule has 1 fully saturated rings. The van der Waals surface area contributed by atoms with Crippen LogP contribution in [0.15, 0.2) is 68.4 Å². The van der Waals surface area contributed by atoms with Crippen LogP contribution in [0.5, 0.6) is 5.75 Å². The van der Waals surface area contributed by atoms with Crippen molar-refractivity contribution in [3.63, 3.8) is 0 Å². The van der Waals surface area contributed by atoms with E-state index in [1.165, 1.54) is 24.3 Å². The lowest BCUT2D eigenvalue weighted by atomic mass is 10.1. The first kappa shape index (κ1) is 29.3. The molecule has 2 aromatic carbocycles. The number of sulfonamides is 1. The van der Waals surface area contributed by atoms with E-state index in [0.29, 0.717) is 34.2 Å². The normalized spacial score (nSPS) is 16.8. The maximum Gasteiger partial charge on any atom is 0.419 e. The number of hydrogen-bond acceptors (Lipinski definition) is 6. The van der Waals surface area contributed by atoms with Crippen LogP contribution in [-0.4, -0.2) is 39.6 Å². The van der Waals surface area contributed by atoms with Gasteiger partial charge >= 0.3 is 12.4 Å². The SMILES string of the molecule is C=Cc1cc(S(=O)(=O)Nc2ccc(C(F)(F)F)c(O[C@@H]3CCN(C)C3)c2)sc1Sc1ccc(C(F)(F)F)cc1. The Kier molecular flexibility index (Phi) is 8.31. The first-order valence-corrected chi connectivity index (χ1v) is 14.5. The molecule has 0 saturated carbocycles. The van der Waals surface area contributed by atoms with Gasteiger partial charge in [0.1, 0.15) is 16.1 Å². The van der Waals surface area contributed by atoms with Gasteiger partial charge in [0.05, 0.1) is 21.0 Å². The Balaban J connectivity index is 1.57. The summed E-state index contributed by atoms with van der Waals surface area (Å²) < 4.78 is 114. The van der Waals surface area contributed by atoms with Gasteiger partial charge in [-0.2, -0.15) is 26.3 Å². The predicted molar refractivity (Wildman–Crippen MR) is 139 cm³/mol. The number of nitrogens with one attached hydrogen (secondary N) is 1. The minimum atomic E-state index is -4.70. The average molecular weight is 609 g/mol. The summed E-state index contributed by atoms with van der Waals surface area (Å²) in [5, 5.41) is 0. The molecule has 1 atom stereocenters. The molecule has 0 unspecified atom stereocenters. The van der Waals surface area contributed by atoms with Crippen molar-refractivity contribution >= 4 is 44.9 Å². The zero-order chi connectivity index (χ0) is 28.6. The number of rotatable bonds is 8. The number of halogens is 6. The number of likely N-dealkylation sites (tertiary alicyclic amines) is 1. The lowest BCUT2D eigenvalue weighted by Gasteiger charge is -2.19. The Morgan fingerprint density at radius 2 is 1.77 bits per heavy atom. The maximum atomic E-state index is 13.6. The van der Waals surface area contributed by atoms with Gasteiger partial charge < -0.3 is 9.64 Å². The van der Waals surface area contributed by atoms with E-state index < -0.39 is 45.4 Å². The highest BCUT2D eigenvalue weighted by Crippen LogP contribution is 2.42. The Bertz CT molecular complexity index is 1450. The number of nitrogens with zero attached hydrogens (tertiary/aromatic N) is 1. The Labute approximate surface area is 229 Å². The van der Waals surface area contributed by atoms with Gasteiger partial charge in [-0.3, -0.25) is 4.72 Å². The maximum absolute atomic E-state index is 13.6. The standard InChI is InChI=1S/C25H22F6N2O3S3/c1-3-15-12-22(38-23(15)37-19-7-4-16(5-8-19)24(26,27)28)39(34,35)32-17-6-9-20(25(29,30)31)21(13-17)36-18-10-11-33(2)14-18/h3-9,12-13,18,32H,1,10-11,14H2,2H3/t18-/m1/s1. The molecule has 1 aromatic heterocycles. The molecule has 0 radical (unpaired) electrons. The topological polar surface area (TPSA) is 58.6 Å². The number of likely N-dealkylation sites (N-methyl/N-ethyl adjacent to an activating group) is 1. The molecule has 0 amide bonds. The highest BCUT2D eigenvalue weighted by Gasteiger charge is 2.36. The van der Waals surface area contributed by atoms with Crippen molar-refractivity contribution < 1.29 is 39.5 Å². The highest BCUT2D eigenvalue weighted by molar-refractivity contribution is 8.02. The summed E-state index contributed by atoms with van der Waals surface area (Å²) in [6.45, 7) is 4.76. The van der Waals surface area contributed by atoms with Gasteiger partial charge in [-0.05, 0) is 55.9 Å². The summed E-state index contributed by atoms with van der Waals surface area (Å²) in [7, 11) is -2.41. The molecule has 4 rings (SSSR count). The van der Waals surface area contributed by atoms with Crippen LogP contribution in [0.2, 0.25) is 0 Å². The second kappa shape index (κ2) is 11.1. The zero-order valence-electron chi connectivity index (χ0n) is 20.3. The number of ether oxygens (including phenoxy) is 1. The van der Waals surface area contributed by atoms with Crippen molar-refractivity contribution in [3.8, 4) is 5.75 Å². The quantitative estimate of drug-likeness (QED) is 0.269. The summed E-state index contributed by atoms with van der Waals surface area (Å²) in [6.07, 6.45) is -7.72. The van der Waals surface area contributed by atoms with Crippen molar-refractivity contribution in [2.45, 2.75) is 38.2 Å². The minimum absolute atomic E-state index is 0.116. The van der Waals surface area contributed by atoms with E-state index in [1.807, 2.05) is 11.9 Å². The first-order chi connectivity index (χ1) is 18.2. The summed E-state index contributed by atoms with van der Waals surface area (Å²) in [6, 6.07) is 8.53. The van der Waals surface area contributed by atoms with E-state index in [4.69, 9.17) is 4.74 Å². The van der Waals surface area contributed by atoms with Crippen molar-refractivity contribution in [1.29, 1.82) is 0 Å². The molecular weight excluding hydrogens is 586 g/mol. The smallest absolute Gasteiger partial charge is 0.419 e. The van der Waals surface area contributed by atoms with Crippen molar-refractivity contribution in [2.75, 3.05) is 24.9 Å². The molecule has 1 saturated heterocycles. The third-order valence-electron chi connectivity index (χ3n) is 5.76. The van der Waals surface area contributed by atoms with Crippen LogP contribution < -0.4 is 9.46 Å². The Morgan fingerprint density at radius 3 is 2.33 bits per heavy atom. The summed E-state index contributed by atoms with van der Waals surface area (Å²) >= 11 is 1.92. The monoisotopic (exact) mass is 608 g/mol. The van der Waals surface area contributed by atoms with Crippen molar-refractivity contribution in [2.24, 2.45) is 0 Å². The second-order valence-electron chi connectivity index (χ2n) is 8.74. The molecule has 1 N–H and O–H groups in total. The molecule has 39 heavy (non-hydrogen) atoms. The number of benzene rings is 2. The predicted octanol–water partition coefficient (Wildman–Crippen LogP) is 7.46. The molecule has 3 aromatic rings. The summed E-state index contributed by atoms with van der Waals surface area (Å²) in [4.78, 5) is 2.37. The van der Waals surface area contributed by atoms with Crippen molar-refractivity contribution in [1.82, 2.24) is 4.90 Å². The molecule has 1 aliphatic heterocycles. The molecule has 2 heterocycles. The third kappa shape index (κ3) is 7.10. The highest BCUT2D eigenvalue weighted by atomic mass is 32.3. The molecule has 210 valence electrons. The van der Waals surface area contributed by atoms with E-state index >= 15 is 0 Å². The molecular formula is C25H22F6N2O3S3. The zero-order valence-corrected chi connectivity index (χ0v) is 22.7. The van der Waals surface area contributed by atoms with E-state index in [1.54, 1.807) is 0 Å². The third-order valence-corrected chi connectivity index (χ3v) is 9.99. The fourth-order valence-corrected chi connectivity index (χ4v) is 7.72. The van der Waals surface area contributed by atoms with Crippen LogP contribution in [0, 0.1) is 0 Å². The fourth-order valence-electron chi connectivity index (χ4n) is 3.83. The molecule has 0 bridgehead atoms. The summed E-state index contributed by atoms with van der Waals surface area (Å²) in [5.74, 6) is -0.473. The van der Waals surface area contributed by atoms with E-state index in [9.17, 15) is 34.8 Å². The number of thiophene rings is 1. The molecule has 14 heteroatoms. The number of anilines is 1. The van der Waals surface area contributed by atoms with Gasteiger partial charge in [0.15, 0.2) is 0 Å². The van der Waals surface area contributed by atoms with Gasteiger partial charge in [-0.1, -0.05) is 24.4 Å². The van der Waals surface area contributed by atoms with Gasteiger partial charge in [0.25, 0.3) is 10.0 Å². The summed E-state index contributed by atoms with van der Waals surface area (Å²) in [5.41, 5.74) is -1.50. The van der Waals surface area contributed by atoms with Crippen LogP contribution >= 0.6 is 23.1 Å². The van der Waals surface area contributed by atoms with E-state index in [0.717, 1.165) is 53.4 Å². The molecule has 0 spiro atoms.